The van der Waals surface area contributed by atoms with Crippen LogP contribution in [0.3, 0.4) is 0 Å². The van der Waals surface area contributed by atoms with Gasteiger partial charge in [0.1, 0.15) is 0 Å². The summed E-state index contributed by atoms with van der Waals surface area (Å²) in [6, 6.07) is 0.698. The molecule has 17 heavy (non-hydrogen) atoms. The second-order valence-electron chi connectivity index (χ2n) is 6.36. The second kappa shape index (κ2) is 5.71. The molecule has 1 aliphatic heterocycles. The lowest BCUT2D eigenvalue weighted by molar-refractivity contribution is -0.117. The van der Waals surface area contributed by atoms with Gasteiger partial charge in [-0.25, -0.2) is 0 Å². The largest absolute Gasteiger partial charge is 0.375 e. The molecule has 2 heteroatoms. The molecule has 1 aliphatic carbocycles. The molecule has 0 amide bonds. The van der Waals surface area contributed by atoms with Crippen LogP contribution in [0.4, 0.5) is 0 Å². The van der Waals surface area contributed by atoms with E-state index in [2.05, 4.69) is 26.1 Å². The molecule has 1 saturated heterocycles. The molecule has 2 nitrogen and oxygen atoms in total. The summed E-state index contributed by atoms with van der Waals surface area (Å²) in [6.07, 6.45) is 7.76. The van der Waals surface area contributed by atoms with Crippen molar-refractivity contribution in [3.8, 4) is 0 Å². The van der Waals surface area contributed by atoms with Crippen LogP contribution in [0.2, 0.25) is 0 Å². The Morgan fingerprint density at radius 3 is 2.53 bits per heavy atom. The fourth-order valence-electron chi connectivity index (χ4n) is 3.67. The van der Waals surface area contributed by atoms with Crippen molar-refractivity contribution in [3.63, 3.8) is 0 Å². The molecule has 2 fully saturated rings. The summed E-state index contributed by atoms with van der Waals surface area (Å²) in [4.78, 5) is 0. The summed E-state index contributed by atoms with van der Waals surface area (Å²) in [5.41, 5.74) is 0.233. The van der Waals surface area contributed by atoms with Gasteiger partial charge in [0, 0.05) is 12.6 Å². The summed E-state index contributed by atoms with van der Waals surface area (Å²) < 4.78 is 6.17. The van der Waals surface area contributed by atoms with Crippen molar-refractivity contribution in [2.24, 2.45) is 11.8 Å². The lowest BCUT2D eigenvalue weighted by atomic mass is 9.71. The number of nitrogens with one attached hydrogen (secondary N) is 1. The van der Waals surface area contributed by atoms with Crippen LogP contribution in [0.1, 0.15) is 59.3 Å². The van der Waals surface area contributed by atoms with E-state index in [1.165, 1.54) is 38.5 Å². The summed E-state index contributed by atoms with van der Waals surface area (Å²) in [6.45, 7) is 8.99. The van der Waals surface area contributed by atoms with Crippen molar-refractivity contribution in [1.82, 2.24) is 5.32 Å². The molecule has 0 aromatic heterocycles. The third-order valence-corrected chi connectivity index (χ3v) is 4.87. The standard InChI is InChI=1S/C15H29NO/c1-4-16-14-7-10-17-15(11-14)8-5-13(6-9-15)12(2)3/h12-14,16H,4-11H2,1-3H3. The van der Waals surface area contributed by atoms with Crippen LogP contribution < -0.4 is 5.32 Å². The molecular formula is C15H29NO. The van der Waals surface area contributed by atoms with E-state index in [1.807, 2.05) is 0 Å². The zero-order valence-electron chi connectivity index (χ0n) is 11.8. The Bertz CT molecular complexity index is 229. The number of hydrogen-bond acceptors (Lipinski definition) is 2. The molecule has 1 spiro atoms. The highest BCUT2D eigenvalue weighted by Crippen LogP contribution is 2.42. The van der Waals surface area contributed by atoms with Crippen molar-refractivity contribution in [3.05, 3.63) is 0 Å². The Balaban J connectivity index is 1.88. The molecule has 1 saturated carbocycles. The zero-order chi connectivity index (χ0) is 12.3. The van der Waals surface area contributed by atoms with Gasteiger partial charge in [0.25, 0.3) is 0 Å². The molecule has 100 valence electrons. The van der Waals surface area contributed by atoms with Crippen molar-refractivity contribution in [2.75, 3.05) is 13.2 Å². The molecule has 2 rings (SSSR count). The maximum atomic E-state index is 6.17. The highest BCUT2D eigenvalue weighted by atomic mass is 16.5. The molecule has 2 aliphatic rings. The van der Waals surface area contributed by atoms with E-state index >= 15 is 0 Å². The predicted octanol–water partition coefficient (Wildman–Crippen LogP) is 3.36. The highest BCUT2D eigenvalue weighted by molar-refractivity contribution is 4.94. The molecule has 1 atom stereocenters. The summed E-state index contributed by atoms with van der Waals surface area (Å²) >= 11 is 0. The normalized spacial score (nSPS) is 38.8. The molecule has 0 radical (unpaired) electrons. The van der Waals surface area contributed by atoms with Crippen LogP contribution >= 0.6 is 0 Å². The Labute approximate surface area is 107 Å². The fourth-order valence-corrected chi connectivity index (χ4v) is 3.67. The molecular weight excluding hydrogens is 210 g/mol. The van der Waals surface area contributed by atoms with Gasteiger partial charge in [-0.1, -0.05) is 20.8 Å². The highest BCUT2D eigenvalue weighted by Gasteiger charge is 2.40. The first-order valence-electron chi connectivity index (χ1n) is 7.52. The average Bonchev–Trinajstić information content (AvgIpc) is 2.30. The molecule has 0 aromatic rings. The van der Waals surface area contributed by atoms with Crippen LogP contribution in [0.25, 0.3) is 0 Å². The number of ether oxygens (including phenoxy) is 1. The Morgan fingerprint density at radius 2 is 1.94 bits per heavy atom. The van der Waals surface area contributed by atoms with Crippen LogP contribution in [0.5, 0.6) is 0 Å². The van der Waals surface area contributed by atoms with Crippen molar-refractivity contribution >= 4 is 0 Å². The quantitative estimate of drug-likeness (QED) is 0.815. The van der Waals surface area contributed by atoms with E-state index in [0.29, 0.717) is 6.04 Å². The molecule has 0 bridgehead atoms. The molecule has 1 heterocycles. The third-order valence-electron chi connectivity index (χ3n) is 4.87. The Hall–Kier alpha value is -0.0800. The molecule has 1 N–H and O–H groups in total. The van der Waals surface area contributed by atoms with Gasteiger partial charge in [0.05, 0.1) is 5.60 Å². The fraction of sp³-hybridized carbons (Fsp3) is 1.00. The van der Waals surface area contributed by atoms with E-state index < -0.39 is 0 Å². The van der Waals surface area contributed by atoms with Crippen molar-refractivity contribution < 1.29 is 4.74 Å². The minimum absolute atomic E-state index is 0.233. The lowest BCUT2D eigenvalue weighted by Crippen LogP contribution is -2.49. The van der Waals surface area contributed by atoms with Crippen molar-refractivity contribution in [1.29, 1.82) is 0 Å². The predicted molar refractivity (Wildman–Crippen MR) is 72.2 cm³/mol. The molecule has 0 aromatic carbocycles. The smallest absolute Gasteiger partial charge is 0.0697 e. The second-order valence-corrected chi connectivity index (χ2v) is 6.36. The first-order chi connectivity index (χ1) is 8.15. The average molecular weight is 239 g/mol. The van der Waals surface area contributed by atoms with Crippen LogP contribution in [-0.2, 0) is 4.74 Å². The van der Waals surface area contributed by atoms with Crippen molar-refractivity contribution in [2.45, 2.75) is 70.9 Å². The van der Waals surface area contributed by atoms with E-state index in [0.717, 1.165) is 25.0 Å². The number of hydrogen-bond donors (Lipinski definition) is 1. The SMILES string of the molecule is CCNC1CCOC2(CCC(C(C)C)CC2)C1. The van der Waals surface area contributed by atoms with Crippen LogP contribution in [0, 0.1) is 11.8 Å². The minimum Gasteiger partial charge on any atom is -0.375 e. The van der Waals surface area contributed by atoms with E-state index in [1.54, 1.807) is 0 Å². The molecule has 1 unspecified atom stereocenters. The Kier molecular flexibility index (Phi) is 4.48. The van der Waals surface area contributed by atoms with E-state index in [9.17, 15) is 0 Å². The van der Waals surface area contributed by atoms with Gasteiger partial charge in [-0.05, 0) is 56.9 Å². The van der Waals surface area contributed by atoms with Gasteiger partial charge in [-0.3, -0.25) is 0 Å². The summed E-state index contributed by atoms with van der Waals surface area (Å²) in [5.74, 6) is 1.78. The summed E-state index contributed by atoms with van der Waals surface area (Å²) in [7, 11) is 0. The first kappa shape index (κ1) is 13.4. The van der Waals surface area contributed by atoms with Crippen LogP contribution in [-0.4, -0.2) is 24.8 Å². The van der Waals surface area contributed by atoms with Gasteiger partial charge in [0.2, 0.25) is 0 Å². The van der Waals surface area contributed by atoms with Gasteiger partial charge >= 0.3 is 0 Å². The van der Waals surface area contributed by atoms with Crippen LogP contribution in [0.15, 0.2) is 0 Å². The van der Waals surface area contributed by atoms with Gasteiger partial charge in [0.15, 0.2) is 0 Å². The van der Waals surface area contributed by atoms with E-state index in [-0.39, 0.29) is 5.60 Å². The summed E-state index contributed by atoms with van der Waals surface area (Å²) in [5, 5.41) is 3.61. The first-order valence-corrected chi connectivity index (χ1v) is 7.52. The maximum absolute atomic E-state index is 6.17. The van der Waals surface area contributed by atoms with Gasteiger partial charge in [-0.2, -0.15) is 0 Å². The lowest BCUT2D eigenvalue weighted by Gasteiger charge is -2.46. The topological polar surface area (TPSA) is 21.3 Å². The maximum Gasteiger partial charge on any atom is 0.0697 e. The monoisotopic (exact) mass is 239 g/mol. The van der Waals surface area contributed by atoms with Gasteiger partial charge in [-0.15, -0.1) is 0 Å². The number of rotatable bonds is 3. The minimum atomic E-state index is 0.233. The zero-order valence-corrected chi connectivity index (χ0v) is 11.8. The van der Waals surface area contributed by atoms with Gasteiger partial charge < -0.3 is 10.1 Å². The van der Waals surface area contributed by atoms with E-state index in [4.69, 9.17) is 4.74 Å². The third kappa shape index (κ3) is 3.23. The Morgan fingerprint density at radius 1 is 1.24 bits per heavy atom.